The monoisotopic (exact) mass is 586 g/mol. The van der Waals surface area contributed by atoms with Gasteiger partial charge in [-0.2, -0.15) is 0 Å². The molecule has 7 nitrogen and oxygen atoms in total. The largest absolute Gasteiger partial charge is 0.321 e. The first kappa shape index (κ1) is 26.8. The van der Waals surface area contributed by atoms with E-state index in [9.17, 15) is 14.4 Å². The fourth-order valence-corrected chi connectivity index (χ4v) is 4.23. The molecular formula is C29H23BrN4O3S. The molecule has 3 aromatic carbocycles. The highest BCUT2D eigenvalue weighted by Gasteiger charge is 2.15. The van der Waals surface area contributed by atoms with Crippen LogP contribution in [0.5, 0.6) is 0 Å². The van der Waals surface area contributed by atoms with E-state index >= 15 is 0 Å². The minimum atomic E-state index is -0.465. The smallest absolute Gasteiger partial charge is 0.272 e. The van der Waals surface area contributed by atoms with Crippen molar-refractivity contribution in [2.75, 3.05) is 16.4 Å². The lowest BCUT2D eigenvalue weighted by Gasteiger charge is -2.12. The lowest BCUT2D eigenvalue weighted by molar-refractivity contribution is -0.114. The Morgan fingerprint density at radius 2 is 1.53 bits per heavy atom. The van der Waals surface area contributed by atoms with Crippen molar-refractivity contribution in [2.24, 2.45) is 0 Å². The first-order chi connectivity index (χ1) is 18.5. The van der Waals surface area contributed by atoms with Gasteiger partial charge in [0.2, 0.25) is 5.91 Å². The van der Waals surface area contributed by atoms with E-state index in [1.165, 1.54) is 11.8 Å². The van der Waals surface area contributed by atoms with Crippen molar-refractivity contribution in [1.29, 1.82) is 0 Å². The number of hydrogen-bond acceptors (Lipinski definition) is 5. The first-order valence-corrected chi connectivity index (χ1v) is 13.3. The summed E-state index contributed by atoms with van der Waals surface area (Å²) < 4.78 is 0.904. The van der Waals surface area contributed by atoms with Crippen molar-refractivity contribution in [3.8, 4) is 0 Å². The van der Waals surface area contributed by atoms with Crippen LogP contribution in [0.1, 0.15) is 15.9 Å². The van der Waals surface area contributed by atoms with Crippen LogP contribution in [0.3, 0.4) is 0 Å². The van der Waals surface area contributed by atoms with E-state index in [1.807, 2.05) is 42.5 Å². The van der Waals surface area contributed by atoms with Gasteiger partial charge >= 0.3 is 0 Å². The summed E-state index contributed by atoms with van der Waals surface area (Å²) in [6.45, 7) is 0. The van der Waals surface area contributed by atoms with Gasteiger partial charge in [-0.1, -0.05) is 52.3 Å². The summed E-state index contributed by atoms with van der Waals surface area (Å²) in [5, 5.41) is 8.29. The van der Waals surface area contributed by atoms with Gasteiger partial charge < -0.3 is 16.0 Å². The second-order valence-electron chi connectivity index (χ2n) is 7.96. The third kappa shape index (κ3) is 8.16. The van der Waals surface area contributed by atoms with Crippen LogP contribution >= 0.6 is 27.7 Å². The van der Waals surface area contributed by atoms with Crippen LogP contribution in [0.15, 0.2) is 118 Å². The molecule has 0 saturated carbocycles. The maximum atomic E-state index is 13.2. The molecule has 190 valence electrons. The predicted octanol–water partition coefficient (Wildman–Crippen LogP) is 5.98. The van der Waals surface area contributed by atoms with Crippen molar-refractivity contribution < 1.29 is 14.4 Å². The highest BCUT2D eigenvalue weighted by molar-refractivity contribution is 9.10. The molecular weight excluding hydrogens is 564 g/mol. The van der Waals surface area contributed by atoms with E-state index in [1.54, 1.807) is 66.9 Å². The zero-order valence-corrected chi connectivity index (χ0v) is 22.5. The SMILES string of the molecule is O=C(CSc1ccc(NC(=O)/C(=C/c2ccc(Br)cc2)NC(=O)c2ccccc2)cc1)Nc1ccccn1. The molecule has 0 spiro atoms. The molecule has 4 aromatic rings. The number of anilines is 2. The molecule has 0 bridgehead atoms. The molecule has 38 heavy (non-hydrogen) atoms. The number of aromatic nitrogens is 1. The highest BCUT2D eigenvalue weighted by atomic mass is 79.9. The average Bonchev–Trinajstić information content (AvgIpc) is 2.94. The van der Waals surface area contributed by atoms with Crippen LogP contribution in [0, 0.1) is 0 Å². The van der Waals surface area contributed by atoms with Crippen molar-refractivity contribution in [1.82, 2.24) is 10.3 Å². The molecule has 0 radical (unpaired) electrons. The molecule has 9 heteroatoms. The number of hydrogen-bond donors (Lipinski definition) is 3. The van der Waals surface area contributed by atoms with Crippen LogP contribution < -0.4 is 16.0 Å². The standard InChI is InChI=1S/C29H23BrN4O3S/c30-22-11-9-20(10-12-22)18-25(33-28(36)21-6-2-1-3-7-21)29(37)32-23-13-15-24(16-14-23)38-19-27(35)34-26-8-4-5-17-31-26/h1-18H,19H2,(H,32,37)(H,33,36)(H,31,34,35)/b25-18-. The Morgan fingerprint density at radius 1 is 0.816 bits per heavy atom. The molecule has 0 aliphatic carbocycles. The summed E-state index contributed by atoms with van der Waals surface area (Å²) in [6.07, 6.45) is 3.23. The van der Waals surface area contributed by atoms with Crippen LogP contribution in [0.2, 0.25) is 0 Å². The van der Waals surface area contributed by atoms with Crippen LogP contribution in [0.25, 0.3) is 6.08 Å². The van der Waals surface area contributed by atoms with E-state index < -0.39 is 5.91 Å². The van der Waals surface area contributed by atoms with Gasteiger partial charge in [-0.05, 0) is 72.3 Å². The van der Waals surface area contributed by atoms with Crippen molar-refractivity contribution in [2.45, 2.75) is 4.90 Å². The quantitative estimate of drug-likeness (QED) is 0.165. The number of carbonyl (C=O) groups is 3. The van der Waals surface area contributed by atoms with Crippen LogP contribution in [0.4, 0.5) is 11.5 Å². The fourth-order valence-electron chi connectivity index (χ4n) is 3.27. The summed E-state index contributed by atoms with van der Waals surface area (Å²) in [5.74, 6) is -0.300. The zero-order valence-electron chi connectivity index (χ0n) is 20.1. The number of carbonyl (C=O) groups excluding carboxylic acids is 3. The van der Waals surface area contributed by atoms with E-state index in [4.69, 9.17) is 0 Å². The molecule has 0 aliphatic rings. The van der Waals surface area contributed by atoms with Crippen molar-refractivity contribution >= 4 is 63.0 Å². The third-order valence-electron chi connectivity index (χ3n) is 5.12. The Hall–Kier alpha value is -4.21. The number of halogens is 1. The van der Waals surface area contributed by atoms with E-state index in [0.717, 1.165) is 14.9 Å². The molecule has 3 N–H and O–H groups in total. The summed E-state index contributed by atoms with van der Waals surface area (Å²) in [6, 6.07) is 28.5. The second kappa shape index (κ2) is 13.4. The minimum absolute atomic E-state index is 0.103. The lowest BCUT2D eigenvalue weighted by Crippen LogP contribution is -2.30. The molecule has 4 rings (SSSR count). The van der Waals surface area contributed by atoms with Crippen molar-refractivity contribution in [3.63, 3.8) is 0 Å². The number of nitrogens with zero attached hydrogens (tertiary/aromatic N) is 1. The normalized spacial score (nSPS) is 10.9. The number of pyridine rings is 1. The predicted molar refractivity (Wildman–Crippen MR) is 155 cm³/mol. The zero-order chi connectivity index (χ0) is 26.7. The van der Waals surface area contributed by atoms with Gasteiger partial charge in [-0.3, -0.25) is 14.4 Å². The van der Waals surface area contributed by atoms with Gasteiger partial charge in [0.1, 0.15) is 11.5 Å². The Bertz CT molecular complexity index is 1430. The number of nitrogens with one attached hydrogen (secondary N) is 3. The summed E-state index contributed by atoms with van der Waals surface area (Å²) in [7, 11) is 0. The fraction of sp³-hybridized carbons (Fsp3) is 0.0345. The number of benzene rings is 3. The number of thioether (sulfide) groups is 1. The van der Waals surface area contributed by atoms with E-state index in [2.05, 4.69) is 36.9 Å². The van der Waals surface area contributed by atoms with Gasteiger partial charge in [0.15, 0.2) is 0 Å². The maximum absolute atomic E-state index is 13.2. The first-order valence-electron chi connectivity index (χ1n) is 11.5. The van der Waals surface area contributed by atoms with Crippen molar-refractivity contribution in [3.05, 3.63) is 125 Å². The molecule has 1 aromatic heterocycles. The van der Waals surface area contributed by atoms with Gasteiger partial charge in [-0.25, -0.2) is 4.98 Å². The summed E-state index contributed by atoms with van der Waals surface area (Å²) in [5.41, 5.74) is 1.84. The Kier molecular flexibility index (Phi) is 9.44. The van der Waals surface area contributed by atoms with Gasteiger partial charge in [0.25, 0.3) is 11.8 Å². The Labute approximate surface area is 232 Å². The maximum Gasteiger partial charge on any atom is 0.272 e. The molecule has 0 unspecified atom stereocenters. The van der Waals surface area contributed by atoms with Crippen LogP contribution in [-0.2, 0) is 9.59 Å². The van der Waals surface area contributed by atoms with Gasteiger partial charge in [0, 0.05) is 26.8 Å². The molecule has 0 aliphatic heterocycles. The molecule has 0 fully saturated rings. The van der Waals surface area contributed by atoms with E-state index in [0.29, 0.717) is 17.1 Å². The topological polar surface area (TPSA) is 100 Å². The summed E-state index contributed by atoms with van der Waals surface area (Å²) in [4.78, 5) is 43.0. The van der Waals surface area contributed by atoms with Gasteiger partial charge in [-0.15, -0.1) is 11.8 Å². The summed E-state index contributed by atoms with van der Waals surface area (Å²) >= 11 is 4.76. The molecule has 1 heterocycles. The molecule has 0 saturated heterocycles. The van der Waals surface area contributed by atoms with Crippen LogP contribution in [-0.4, -0.2) is 28.5 Å². The molecule has 0 atom stereocenters. The third-order valence-corrected chi connectivity index (χ3v) is 6.66. The minimum Gasteiger partial charge on any atom is -0.321 e. The lowest BCUT2D eigenvalue weighted by atomic mass is 10.1. The molecule has 3 amide bonds. The van der Waals surface area contributed by atoms with E-state index in [-0.39, 0.29) is 23.3 Å². The Morgan fingerprint density at radius 3 is 2.21 bits per heavy atom. The highest BCUT2D eigenvalue weighted by Crippen LogP contribution is 2.21. The second-order valence-corrected chi connectivity index (χ2v) is 9.92. The van der Waals surface area contributed by atoms with Gasteiger partial charge in [0.05, 0.1) is 5.75 Å². The average molecular weight is 587 g/mol. The number of rotatable bonds is 9. The number of amides is 3. The Balaban J connectivity index is 1.40.